The Morgan fingerprint density at radius 1 is 1.55 bits per heavy atom. The maximum absolute atomic E-state index is 13.5. The molecule has 0 N–H and O–H groups in total. The molecule has 0 saturated heterocycles. The van der Waals surface area contributed by atoms with Crippen molar-refractivity contribution in [2.75, 3.05) is 0 Å². The molecule has 0 spiro atoms. The van der Waals surface area contributed by atoms with Crippen LogP contribution in [0.1, 0.15) is 30.5 Å². The van der Waals surface area contributed by atoms with Crippen LogP contribution in [0.3, 0.4) is 0 Å². The van der Waals surface area contributed by atoms with Gasteiger partial charge in [0.25, 0.3) is 0 Å². The molecule has 4 nitrogen and oxygen atoms in total. The summed E-state index contributed by atoms with van der Waals surface area (Å²) in [5.74, 6) is -0.850. The summed E-state index contributed by atoms with van der Waals surface area (Å²) < 4.78 is 41.5. The summed E-state index contributed by atoms with van der Waals surface area (Å²) in [5.41, 5.74) is -1.69. The summed E-state index contributed by atoms with van der Waals surface area (Å²) in [7, 11) is 0. The number of fused-ring (bicyclic) bond motifs is 3. The first-order valence-electron chi connectivity index (χ1n) is 5.79. The molecule has 1 aliphatic rings. The van der Waals surface area contributed by atoms with E-state index in [9.17, 15) is 13.2 Å². The first-order valence-corrected chi connectivity index (χ1v) is 6.17. The average Bonchev–Trinajstić information content (AvgIpc) is 2.86. The van der Waals surface area contributed by atoms with Crippen LogP contribution in [0, 0.1) is 11.3 Å². The number of nitrogens with zero attached hydrogens (tertiary/aromatic N) is 4. The zero-order chi connectivity index (χ0) is 14.7. The zero-order valence-corrected chi connectivity index (χ0v) is 11.0. The van der Waals surface area contributed by atoms with Gasteiger partial charge in [-0.3, -0.25) is 0 Å². The Balaban J connectivity index is 2.39. The molecular weight excluding hydrogens is 293 g/mol. The number of rotatable bonds is 0. The standard InChI is InChI=1S/C12H8ClF3N4/c1-11(12(14,15)16)3-6(4-17)7-5-18-9-2-8(13)19-20(9)10(7)11/h2,5-6H,3H2,1H3. The van der Waals surface area contributed by atoms with Crippen LogP contribution >= 0.6 is 11.6 Å². The summed E-state index contributed by atoms with van der Waals surface area (Å²) in [6.07, 6.45) is -3.51. The first-order chi connectivity index (χ1) is 9.28. The normalized spacial score (nSPS) is 25.7. The van der Waals surface area contributed by atoms with Crippen molar-refractivity contribution in [3.63, 3.8) is 0 Å². The number of hydrogen-bond donors (Lipinski definition) is 0. The van der Waals surface area contributed by atoms with Gasteiger partial charge < -0.3 is 0 Å². The van der Waals surface area contributed by atoms with Crippen molar-refractivity contribution < 1.29 is 13.2 Å². The molecule has 2 aromatic heterocycles. The van der Waals surface area contributed by atoms with E-state index < -0.39 is 17.5 Å². The van der Waals surface area contributed by atoms with E-state index in [0.717, 1.165) is 11.4 Å². The largest absolute Gasteiger partial charge is 0.399 e. The first kappa shape index (κ1) is 13.2. The van der Waals surface area contributed by atoms with Gasteiger partial charge in [-0.25, -0.2) is 9.50 Å². The van der Waals surface area contributed by atoms with Crippen LogP contribution in [0.2, 0.25) is 5.15 Å². The fourth-order valence-electron chi connectivity index (χ4n) is 2.71. The van der Waals surface area contributed by atoms with Crippen molar-refractivity contribution in [1.82, 2.24) is 14.6 Å². The number of nitriles is 1. The maximum Gasteiger partial charge on any atom is 0.399 e. The van der Waals surface area contributed by atoms with Crippen molar-refractivity contribution >= 4 is 17.2 Å². The Bertz CT molecular complexity index is 745. The topological polar surface area (TPSA) is 54.0 Å². The van der Waals surface area contributed by atoms with E-state index >= 15 is 0 Å². The molecule has 0 aliphatic heterocycles. The third-order valence-electron chi connectivity index (χ3n) is 3.77. The molecular formula is C12H8ClF3N4. The summed E-state index contributed by atoms with van der Waals surface area (Å²) in [5, 5.41) is 13.0. The van der Waals surface area contributed by atoms with Gasteiger partial charge >= 0.3 is 6.18 Å². The second-order valence-electron chi connectivity index (χ2n) is 5.01. The maximum atomic E-state index is 13.5. The molecule has 0 radical (unpaired) electrons. The van der Waals surface area contributed by atoms with Crippen LogP contribution in [0.15, 0.2) is 12.3 Å². The molecule has 8 heteroatoms. The van der Waals surface area contributed by atoms with Crippen LogP contribution in [0.5, 0.6) is 0 Å². The molecule has 0 aromatic carbocycles. The van der Waals surface area contributed by atoms with Crippen molar-refractivity contribution in [2.24, 2.45) is 0 Å². The fourth-order valence-corrected chi connectivity index (χ4v) is 2.88. The van der Waals surface area contributed by atoms with E-state index in [1.165, 1.54) is 12.3 Å². The van der Waals surface area contributed by atoms with Crippen LogP contribution in [-0.2, 0) is 5.41 Å². The molecule has 104 valence electrons. The lowest BCUT2D eigenvalue weighted by Gasteiger charge is -2.28. The van der Waals surface area contributed by atoms with Gasteiger partial charge in [0.1, 0.15) is 5.41 Å². The van der Waals surface area contributed by atoms with Crippen molar-refractivity contribution in [3.8, 4) is 6.07 Å². The molecule has 2 unspecified atom stereocenters. The summed E-state index contributed by atoms with van der Waals surface area (Å²) >= 11 is 5.74. The lowest BCUT2D eigenvalue weighted by atomic mass is 9.85. The van der Waals surface area contributed by atoms with E-state index in [1.54, 1.807) is 0 Å². The van der Waals surface area contributed by atoms with Gasteiger partial charge in [-0.2, -0.15) is 23.5 Å². The lowest BCUT2D eigenvalue weighted by Crippen LogP contribution is -2.39. The summed E-state index contributed by atoms with van der Waals surface area (Å²) in [6.45, 7) is 1.08. The fraction of sp³-hybridized carbons (Fsp3) is 0.417. The smallest absolute Gasteiger partial charge is 0.237 e. The highest BCUT2D eigenvalue weighted by atomic mass is 35.5. The highest BCUT2D eigenvalue weighted by Crippen LogP contribution is 2.53. The Morgan fingerprint density at radius 3 is 2.85 bits per heavy atom. The summed E-state index contributed by atoms with van der Waals surface area (Å²) in [4.78, 5) is 4.02. The molecule has 2 atom stereocenters. The van der Waals surface area contributed by atoms with Gasteiger partial charge in [0.2, 0.25) is 0 Å². The number of halogens is 4. The van der Waals surface area contributed by atoms with Crippen LogP contribution < -0.4 is 0 Å². The third-order valence-corrected chi connectivity index (χ3v) is 3.96. The number of alkyl halides is 3. The SMILES string of the molecule is CC1(C(F)(F)F)CC(C#N)c2cnc3cc(Cl)nn3c21. The Morgan fingerprint density at radius 2 is 2.25 bits per heavy atom. The van der Waals surface area contributed by atoms with E-state index in [1.807, 2.05) is 6.07 Å². The van der Waals surface area contributed by atoms with Crippen molar-refractivity contribution in [1.29, 1.82) is 5.26 Å². The molecule has 3 rings (SSSR count). The minimum Gasteiger partial charge on any atom is -0.237 e. The van der Waals surface area contributed by atoms with Gasteiger partial charge in [0, 0.05) is 17.8 Å². The number of hydrogen-bond acceptors (Lipinski definition) is 3. The van der Waals surface area contributed by atoms with Gasteiger partial charge in [-0.15, -0.1) is 0 Å². The van der Waals surface area contributed by atoms with E-state index in [-0.39, 0.29) is 28.5 Å². The van der Waals surface area contributed by atoms with Crippen LogP contribution in [0.25, 0.3) is 5.65 Å². The predicted molar refractivity (Wildman–Crippen MR) is 64.4 cm³/mol. The minimum absolute atomic E-state index is 0.0477. The highest BCUT2D eigenvalue weighted by molar-refractivity contribution is 6.29. The lowest BCUT2D eigenvalue weighted by molar-refractivity contribution is -0.186. The monoisotopic (exact) mass is 300 g/mol. The second kappa shape index (κ2) is 3.85. The second-order valence-corrected chi connectivity index (χ2v) is 5.40. The van der Waals surface area contributed by atoms with E-state index in [0.29, 0.717) is 0 Å². The minimum atomic E-state index is -4.49. The quantitative estimate of drug-likeness (QED) is 0.750. The highest BCUT2D eigenvalue weighted by Gasteiger charge is 2.59. The molecule has 2 aromatic rings. The Kier molecular flexibility index (Phi) is 2.54. The van der Waals surface area contributed by atoms with E-state index in [4.69, 9.17) is 16.9 Å². The van der Waals surface area contributed by atoms with E-state index in [2.05, 4.69) is 10.1 Å². The van der Waals surface area contributed by atoms with Crippen LogP contribution in [0.4, 0.5) is 13.2 Å². The number of aromatic nitrogens is 3. The molecule has 0 amide bonds. The van der Waals surface area contributed by atoms with Gasteiger partial charge in [0.05, 0.1) is 17.7 Å². The molecule has 2 heterocycles. The molecule has 0 bridgehead atoms. The Labute approximate surface area is 116 Å². The van der Waals surface area contributed by atoms with Gasteiger partial charge in [0.15, 0.2) is 10.8 Å². The average molecular weight is 301 g/mol. The van der Waals surface area contributed by atoms with Crippen molar-refractivity contribution in [3.05, 3.63) is 28.7 Å². The van der Waals surface area contributed by atoms with Crippen LogP contribution in [-0.4, -0.2) is 20.8 Å². The van der Waals surface area contributed by atoms with Gasteiger partial charge in [-0.05, 0) is 13.3 Å². The Hall–Kier alpha value is -1.81. The molecule has 0 fully saturated rings. The molecule has 0 saturated carbocycles. The van der Waals surface area contributed by atoms with Gasteiger partial charge in [-0.1, -0.05) is 11.6 Å². The predicted octanol–water partition coefficient (Wildman–Crippen LogP) is 3.21. The van der Waals surface area contributed by atoms with Crippen molar-refractivity contribution in [2.45, 2.75) is 30.9 Å². The zero-order valence-electron chi connectivity index (χ0n) is 10.2. The third kappa shape index (κ3) is 1.54. The summed E-state index contributed by atoms with van der Waals surface area (Å²) in [6, 6.07) is 3.29. The molecule has 20 heavy (non-hydrogen) atoms. The molecule has 1 aliphatic carbocycles.